The van der Waals surface area contributed by atoms with Crippen molar-refractivity contribution in [1.82, 2.24) is 19.9 Å². The summed E-state index contributed by atoms with van der Waals surface area (Å²) in [5.74, 6) is -0.788. The molecule has 1 saturated carbocycles. The minimum absolute atomic E-state index is 0.0380. The van der Waals surface area contributed by atoms with Gasteiger partial charge in [0.2, 0.25) is 0 Å². The van der Waals surface area contributed by atoms with E-state index in [4.69, 9.17) is 16.4 Å². The maximum absolute atomic E-state index is 15.9. The van der Waals surface area contributed by atoms with Crippen LogP contribution in [-0.4, -0.2) is 66.5 Å². The van der Waals surface area contributed by atoms with E-state index in [1.54, 1.807) is 30.6 Å². The molecular formula is C27H32BrClFN5O4S. The average molecular weight is 657 g/mol. The van der Waals surface area contributed by atoms with Gasteiger partial charge in [-0.1, -0.05) is 27.5 Å². The van der Waals surface area contributed by atoms with Crippen molar-refractivity contribution in [3.63, 3.8) is 0 Å². The molecule has 0 bridgehead atoms. The predicted molar refractivity (Wildman–Crippen MR) is 157 cm³/mol. The number of aromatic nitrogens is 2. The summed E-state index contributed by atoms with van der Waals surface area (Å²) in [4.78, 5) is 25.0. The summed E-state index contributed by atoms with van der Waals surface area (Å²) in [6, 6.07) is 6.75. The summed E-state index contributed by atoms with van der Waals surface area (Å²) in [5.41, 5.74) is 3.57. The van der Waals surface area contributed by atoms with E-state index in [2.05, 4.69) is 36.6 Å². The van der Waals surface area contributed by atoms with Crippen molar-refractivity contribution >= 4 is 65.7 Å². The second-order valence-electron chi connectivity index (χ2n) is 10.6. The van der Waals surface area contributed by atoms with Gasteiger partial charge in [0.05, 0.1) is 45.7 Å². The highest BCUT2D eigenvalue weighted by molar-refractivity contribution is 9.10. The number of hydrogen-bond donors (Lipinski definition) is 2. The molecule has 1 saturated heterocycles. The SMILES string of the molecule is CS(=O)(=O)C1CCN(CCCCn2cnc3c(F)c(Nc4ccc(Br)cc4Cl)c(C(=O)NOCC4CC4)cc32)C1. The van der Waals surface area contributed by atoms with Crippen molar-refractivity contribution < 1.29 is 22.4 Å². The molecular weight excluding hydrogens is 625 g/mol. The van der Waals surface area contributed by atoms with Crippen LogP contribution >= 0.6 is 27.5 Å². The van der Waals surface area contributed by atoms with Gasteiger partial charge in [0.15, 0.2) is 15.7 Å². The number of fused-ring (bicyclic) bond motifs is 1. The van der Waals surface area contributed by atoms with Gasteiger partial charge in [-0.3, -0.25) is 9.63 Å². The zero-order valence-corrected chi connectivity index (χ0v) is 25.3. The molecule has 0 spiro atoms. The third-order valence-corrected chi connectivity index (χ3v) is 9.83. The first kappa shape index (κ1) is 29.2. The molecule has 0 radical (unpaired) electrons. The number of halogens is 3. The van der Waals surface area contributed by atoms with Crippen LogP contribution in [0.25, 0.3) is 11.0 Å². The van der Waals surface area contributed by atoms with Crippen molar-refractivity contribution in [2.45, 2.75) is 43.9 Å². The summed E-state index contributed by atoms with van der Waals surface area (Å²) >= 11 is 9.73. The minimum atomic E-state index is -3.02. The lowest BCUT2D eigenvalue weighted by Gasteiger charge is -2.16. The standard InChI is InChI=1S/C27H32BrClFN5O4S/c1-40(37,38)19-8-11-34(14-19)9-2-3-10-35-16-31-26-23(35)13-20(27(36)33-39-15-17-4-5-17)25(24(26)30)32-22-7-6-18(28)12-21(22)29/h6-7,12-13,16-17,19,32H,2-5,8-11,14-15H2,1H3,(H,33,36). The Kier molecular flexibility index (Phi) is 9.01. The fraction of sp³-hybridized carbons (Fsp3) is 0.481. The van der Waals surface area contributed by atoms with Gasteiger partial charge in [0.25, 0.3) is 5.91 Å². The molecule has 2 fully saturated rings. The lowest BCUT2D eigenvalue weighted by atomic mass is 10.1. The van der Waals surface area contributed by atoms with E-state index in [0.29, 0.717) is 48.3 Å². The molecule has 2 N–H and O–H groups in total. The average Bonchev–Trinajstić information content (AvgIpc) is 3.42. The van der Waals surface area contributed by atoms with Crippen molar-refractivity contribution in [3.05, 3.63) is 51.5 Å². The van der Waals surface area contributed by atoms with Crippen molar-refractivity contribution in [2.75, 3.05) is 37.8 Å². The van der Waals surface area contributed by atoms with E-state index in [-0.39, 0.29) is 22.0 Å². The van der Waals surface area contributed by atoms with Crippen LogP contribution in [0, 0.1) is 11.7 Å². The minimum Gasteiger partial charge on any atom is -0.351 e. The van der Waals surface area contributed by atoms with Crippen LogP contribution in [0.1, 0.15) is 42.5 Å². The largest absolute Gasteiger partial charge is 0.351 e. The number of sulfone groups is 1. The third-order valence-electron chi connectivity index (χ3n) is 7.43. The highest BCUT2D eigenvalue weighted by Gasteiger charge is 2.29. The van der Waals surface area contributed by atoms with Gasteiger partial charge in [-0.25, -0.2) is 23.3 Å². The number of likely N-dealkylation sites (tertiary alicyclic amines) is 1. The first-order valence-electron chi connectivity index (χ1n) is 13.3. The molecule has 5 rings (SSSR count). The number of carbonyl (C=O) groups is 1. The number of nitrogens with one attached hydrogen (secondary N) is 2. The molecule has 13 heteroatoms. The number of nitrogens with zero attached hydrogens (tertiary/aromatic N) is 3. The topological polar surface area (TPSA) is 106 Å². The number of hydrogen-bond acceptors (Lipinski definition) is 7. The van der Waals surface area contributed by atoms with Crippen LogP contribution in [0.4, 0.5) is 15.8 Å². The van der Waals surface area contributed by atoms with Crippen LogP contribution in [0.2, 0.25) is 5.02 Å². The lowest BCUT2D eigenvalue weighted by molar-refractivity contribution is 0.0271. The molecule has 2 heterocycles. The molecule has 1 aliphatic carbocycles. The van der Waals surface area contributed by atoms with Crippen molar-refractivity contribution in [1.29, 1.82) is 0 Å². The van der Waals surface area contributed by atoms with E-state index in [1.807, 2.05) is 4.57 Å². The molecule has 3 aromatic rings. The van der Waals surface area contributed by atoms with Crippen LogP contribution in [0.15, 0.2) is 35.1 Å². The Balaban J connectivity index is 1.33. The lowest BCUT2D eigenvalue weighted by Crippen LogP contribution is -2.27. The Morgan fingerprint density at radius 1 is 1.23 bits per heavy atom. The van der Waals surface area contributed by atoms with E-state index >= 15 is 4.39 Å². The number of imidazole rings is 1. The first-order chi connectivity index (χ1) is 19.1. The molecule has 1 aliphatic heterocycles. The van der Waals surface area contributed by atoms with Gasteiger partial charge >= 0.3 is 0 Å². The van der Waals surface area contributed by atoms with Crippen LogP contribution in [-0.2, 0) is 21.2 Å². The number of anilines is 2. The van der Waals surface area contributed by atoms with Crippen LogP contribution < -0.4 is 10.8 Å². The number of rotatable bonds is 12. The number of unbranched alkanes of at least 4 members (excludes halogenated alkanes) is 1. The molecule has 216 valence electrons. The van der Waals surface area contributed by atoms with Gasteiger partial charge in [0, 0.05) is 23.8 Å². The molecule has 2 aliphatic rings. The summed E-state index contributed by atoms with van der Waals surface area (Å²) in [6.45, 7) is 3.12. The fourth-order valence-corrected chi connectivity index (χ4v) is 6.63. The molecule has 40 heavy (non-hydrogen) atoms. The fourth-order valence-electron chi connectivity index (χ4n) is 4.89. The number of benzene rings is 2. The first-order valence-corrected chi connectivity index (χ1v) is 16.5. The summed E-state index contributed by atoms with van der Waals surface area (Å²) in [7, 11) is -3.02. The number of aryl methyl sites for hydroxylation is 1. The maximum atomic E-state index is 15.9. The Hall–Kier alpha value is -2.25. The molecule has 2 aromatic carbocycles. The predicted octanol–water partition coefficient (Wildman–Crippen LogP) is 5.31. The second-order valence-corrected chi connectivity index (χ2v) is 14.3. The zero-order valence-electron chi connectivity index (χ0n) is 22.1. The summed E-state index contributed by atoms with van der Waals surface area (Å²) in [5, 5.41) is 3.05. The molecule has 1 atom stereocenters. The van der Waals surface area contributed by atoms with Gasteiger partial charge in [-0.15, -0.1) is 0 Å². The van der Waals surface area contributed by atoms with Crippen LogP contribution in [0.3, 0.4) is 0 Å². The Bertz CT molecular complexity index is 1510. The smallest absolute Gasteiger partial charge is 0.277 e. The van der Waals surface area contributed by atoms with Gasteiger partial charge in [0.1, 0.15) is 5.52 Å². The Morgan fingerprint density at radius 2 is 2.00 bits per heavy atom. The number of hydroxylamine groups is 1. The normalized spacial score (nSPS) is 17.9. The second kappa shape index (κ2) is 12.3. The Morgan fingerprint density at radius 3 is 2.70 bits per heavy atom. The van der Waals surface area contributed by atoms with Crippen LogP contribution in [0.5, 0.6) is 0 Å². The molecule has 1 amide bonds. The van der Waals surface area contributed by atoms with Gasteiger partial charge in [-0.2, -0.15) is 0 Å². The van der Waals surface area contributed by atoms with E-state index < -0.39 is 21.6 Å². The highest BCUT2D eigenvalue weighted by atomic mass is 79.9. The maximum Gasteiger partial charge on any atom is 0.277 e. The Labute approximate surface area is 246 Å². The van der Waals surface area contributed by atoms with E-state index in [0.717, 1.165) is 43.2 Å². The third kappa shape index (κ3) is 6.96. The number of carbonyl (C=O) groups excluding carboxylic acids is 1. The quantitative estimate of drug-likeness (QED) is 0.201. The van der Waals surface area contributed by atoms with Crippen molar-refractivity contribution in [2.24, 2.45) is 5.92 Å². The molecule has 1 aromatic heterocycles. The van der Waals surface area contributed by atoms with E-state index in [1.165, 1.54) is 6.26 Å². The van der Waals surface area contributed by atoms with Gasteiger partial charge < -0.3 is 14.8 Å². The highest BCUT2D eigenvalue weighted by Crippen LogP contribution is 2.35. The number of amides is 1. The monoisotopic (exact) mass is 655 g/mol. The van der Waals surface area contributed by atoms with Crippen molar-refractivity contribution in [3.8, 4) is 0 Å². The zero-order chi connectivity index (χ0) is 28.4. The molecule has 9 nitrogen and oxygen atoms in total. The van der Waals surface area contributed by atoms with Gasteiger partial charge in [-0.05, 0) is 75.4 Å². The summed E-state index contributed by atoms with van der Waals surface area (Å²) in [6.07, 6.45) is 7.32. The molecule has 1 unspecified atom stereocenters. The van der Waals surface area contributed by atoms with E-state index in [9.17, 15) is 13.2 Å². The summed E-state index contributed by atoms with van der Waals surface area (Å²) < 4.78 is 42.2.